The summed E-state index contributed by atoms with van der Waals surface area (Å²) in [6.07, 6.45) is -2.61. The van der Waals surface area contributed by atoms with Crippen molar-refractivity contribution in [3.8, 4) is 0 Å². The zero-order chi connectivity index (χ0) is 13.4. The molecule has 2 rings (SSSR count). The summed E-state index contributed by atoms with van der Waals surface area (Å²) in [6, 6.07) is 1.47. The highest BCUT2D eigenvalue weighted by Crippen LogP contribution is 2.35. The van der Waals surface area contributed by atoms with Gasteiger partial charge in [0.2, 0.25) is 0 Å². The maximum atomic E-state index is 14.4. The van der Waals surface area contributed by atoms with E-state index >= 15 is 0 Å². The van der Waals surface area contributed by atoms with Gasteiger partial charge in [0.1, 0.15) is 0 Å². The van der Waals surface area contributed by atoms with E-state index < -0.39 is 24.3 Å². The number of alkyl halides is 4. The van der Waals surface area contributed by atoms with E-state index in [0.717, 1.165) is 0 Å². The molecule has 2 heterocycles. The van der Waals surface area contributed by atoms with Gasteiger partial charge in [0.25, 0.3) is 0 Å². The minimum Gasteiger partial charge on any atom is -0.331 e. The Balaban J connectivity index is 2.15. The van der Waals surface area contributed by atoms with Crippen LogP contribution in [0.1, 0.15) is 12.2 Å². The van der Waals surface area contributed by atoms with Gasteiger partial charge >= 0.3 is 12.1 Å². The molecular formula is C10H9F4N3O. The van der Waals surface area contributed by atoms with Crippen molar-refractivity contribution in [2.45, 2.75) is 18.3 Å². The summed E-state index contributed by atoms with van der Waals surface area (Å²) in [4.78, 5) is 18.8. The first-order chi connectivity index (χ1) is 8.33. The number of aromatic nitrogens is 2. The molecule has 1 saturated heterocycles. The summed E-state index contributed by atoms with van der Waals surface area (Å²) in [6.45, 7) is -0.970. The molecule has 0 aromatic carbocycles. The third-order valence-electron chi connectivity index (χ3n) is 2.72. The Bertz CT molecular complexity index is 450. The molecule has 0 radical (unpaired) electrons. The average Bonchev–Trinajstić information content (AvgIpc) is 2.72. The Labute approximate surface area is 99.6 Å². The number of likely N-dealkylation sites (tertiary alicyclic amines) is 1. The van der Waals surface area contributed by atoms with E-state index in [-0.39, 0.29) is 18.8 Å². The Kier molecular flexibility index (Phi) is 2.95. The fraction of sp³-hybridized carbons (Fsp3) is 0.500. The first-order valence-electron chi connectivity index (χ1n) is 5.15. The SMILES string of the molecule is O=C(N1CCC(F)(c2ncccn2)C1)C(F)(F)F. The van der Waals surface area contributed by atoms with Gasteiger partial charge in [-0.1, -0.05) is 0 Å². The van der Waals surface area contributed by atoms with Crippen LogP contribution in [0, 0.1) is 0 Å². The van der Waals surface area contributed by atoms with E-state index in [9.17, 15) is 22.4 Å². The summed E-state index contributed by atoms with van der Waals surface area (Å²) in [5.74, 6) is -2.22. The van der Waals surface area contributed by atoms with Crippen LogP contribution in [-0.4, -0.2) is 40.0 Å². The highest BCUT2D eigenvalue weighted by Gasteiger charge is 2.50. The molecule has 4 nitrogen and oxygen atoms in total. The minimum atomic E-state index is -4.98. The van der Waals surface area contributed by atoms with Crippen molar-refractivity contribution in [1.29, 1.82) is 0 Å². The van der Waals surface area contributed by atoms with Crippen LogP contribution >= 0.6 is 0 Å². The lowest BCUT2D eigenvalue weighted by molar-refractivity contribution is -0.184. The molecule has 1 aromatic heterocycles. The van der Waals surface area contributed by atoms with Crippen LogP contribution in [0.5, 0.6) is 0 Å². The monoisotopic (exact) mass is 263 g/mol. The molecular weight excluding hydrogens is 254 g/mol. The second-order valence-electron chi connectivity index (χ2n) is 4.01. The quantitative estimate of drug-likeness (QED) is 0.720. The molecule has 1 fully saturated rings. The predicted octanol–water partition coefficient (Wildman–Crippen LogP) is 1.44. The van der Waals surface area contributed by atoms with Gasteiger partial charge in [-0.3, -0.25) is 4.79 Å². The van der Waals surface area contributed by atoms with E-state index in [1.54, 1.807) is 0 Å². The van der Waals surface area contributed by atoms with Gasteiger partial charge in [-0.2, -0.15) is 13.2 Å². The maximum absolute atomic E-state index is 14.4. The van der Waals surface area contributed by atoms with Crippen molar-refractivity contribution in [2.24, 2.45) is 0 Å². The Morgan fingerprint density at radius 1 is 1.33 bits per heavy atom. The van der Waals surface area contributed by atoms with Crippen LogP contribution in [0.4, 0.5) is 17.6 Å². The molecule has 0 N–H and O–H groups in total. The third-order valence-corrected chi connectivity index (χ3v) is 2.72. The van der Waals surface area contributed by atoms with Crippen molar-refractivity contribution < 1.29 is 22.4 Å². The number of nitrogens with zero attached hydrogens (tertiary/aromatic N) is 3. The minimum absolute atomic E-state index is 0.192. The van der Waals surface area contributed by atoms with Gasteiger partial charge in [0.15, 0.2) is 11.5 Å². The van der Waals surface area contributed by atoms with Crippen LogP contribution in [0.25, 0.3) is 0 Å². The number of hydrogen-bond donors (Lipinski definition) is 0. The van der Waals surface area contributed by atoms with Gasteiger partial charge in [-0.05, 0) is 6.07 Å². The highest BCUT2D eigenvalue weighted by atomic mass is 19.4. The Morgan fingerprint density at radius 3 is 2.50 bits per heavy atom. The van der Waals surface area contributed by atoms with Crippen molar-refractivity contribution in [1.82, 2.24) is 14.9 Å². The number of amides is 1. The number of rotatable bonds is 1. The van der Waals surface area contributed by atoms with E-state index in [1.165, 1.54) is 18.5 Å². The molecule has 1 aromatic rings. The first kappa shape index (κ1) is 12.7. The highest BCUT2D eigenvalue weighted by molar-refractivity contribution is 5.82. The maximum Gasteiger partial charge on any atom is 0.471 e. The van der Waals surface area contributed by atoms with Crippen LogP contribution in [0.3, 0.4) is 0 Å². The van der Waals surface area contributed by atoms with Crippen molar-refractivity contribution in [2.75, 3.05) is 13.1 Å². The second kappa shape index (κ2) is 4.18. The third kappa shape index (κ3) is 2.27. The van der Waals surface area contributed by atoms with E-state index in [1.807, 2.05) is 0 Å². The van der Waals surface area contributed by atoms with E-state index in [0.29, 0.717) is 4.90 Å². The number of carbonyl (C=O) groups excluding carboxylic acids is 1. The molecule has 1 aliphatic heterocycles. The average molecular weight is 263 g/mol. The smallest absolute Gasteiger partial charge is 0.331 e. The normalized spacial score (nSPS) is 24.3. The molecule has 0 bridgehead atoms. The zero-order valence-corrected chi connectivity index (χ0v) is 9.12. The molecule has 1 atom stereocenters. The molecule has 1 unspecified atom stereocenters. The first-order valence-corrected chi connectivity index (χ1v) is 5.15. The van der Waals surface area contributed by atoms with Crippen LogP contribution < -0.4 is 0 Å². The predicted molar refractivity (Wildman–Crippen MR) is 52.1 cm³/mol. The summed E-state index contributed by atoms with van der Waals surface area (Å²) in [5, 5.41) is 0. The van der Waals surface area contributed by atoms with Crippen molar-refractivity contribution in [3.63, 3.8) is 0 Å². The van der Waals surface area contributed by atoms with Crippen LogP contribution in [0.2, 0.25) is 0 Å². The lowest BCUT2D eigenvalue weighted by Gasteiger charge is -2.20. The summed E-state index contributed by atoms with van der Waals surface area (Å²) >= 11 is 0. The van der Waals surface area contributed by atoms with Gasteiger partial charge in [0.05, 0.1) is 6.54 Å². The van der Waals surface area contributed by atoms with Gasteiger partial charge in [-0.25, -0.2) is 14.4 Å². The van der Waals surface area contributed by atoms with Gasteiger partial charge < -0.3 is 4.90 Å². The van der Waals surface area contributed by atoms with E-state index in [2.05, 4.69) is 9.97 Å². The van der Waals surface area contributed by atoms with Gasteiger partial charge in [-0.15, -0.1) is 0 Å². The largest absolute Gasteiger partial charge is 0.471 e. The topological polar surface area (TPSA) is 46.1 Å². The molecule has 0 aliphatic carbocycles. The van der Waals surface area contributed by atoms with Crippen molar-refractivity contribution >= 4 is 5.91 Å². The molecule has 0 spiro atoms. The number of halogens is 4. The summed E-state index contributed by atoms with van der Waals surface area (Å²) in [5.41, 5.74) is -2.11. The molecule has 1 amide bonds. The fourth-order valence-corrected chi connectivity index (χ4v) is 1.84. The standard InChI is InChI=1S/C10H9F4N3O/c11-9(7-15-3-1-4-16-7)2-5-17(6-9)8(18)10(12,13)14/h1,3-4H,2,5-6H2. The lowest BCUT2D eigenvalue weighted by atomic mass is 10.1. The number of carbonyl (C=O) groups is 1. The second-order valence-corrected chi connectivity index (χ2v) is 4.01. The lowest BCUT2D eigenvalue weighted by Crippen LogP contribution is -2.41. The zero-order valence-electron chi connectivity index (χ0n) is 9.12. The van der Waals surface area contributed by atoms with E-state index in [4.69, 9.17) is 0 Å². The fourth-order valence-electron chi connectivity index (χ4n) is 1.84. The Morgan fingerprint density at radius 2 is 1.94 bits per heavy atom. The van der Waals surface area contributed by atoms with Crippen molar-refractivity contribution in [3.05, 3.63) is 24.3 Å². The molecule has 98 valence electrons. The van der Waals surface area contributed by atoms with Crippen LogP contribution in [-0.2, 0) is 10.5 Å². The molecule has 1 aliphatic rings. The molecule has 8 heteroatoms. The summed E-state index contributed by atoms with van der Waals surface area (Å²) in [7, 11) is 0. The number of hydrogen-bond acceptors (Lipinski definition) is 3. The van der Waals surface area contributed by atoms with Gasteiger partial charge in [0, 0.05) is 25.4 Å². The summed E-state index contributed by atoms with van der Waals surface area (Å²) < 4.78 is 51.0. The molecule has 0 saturated carbocycles. The van der Waals surface area contributed by atoms with Crippen LogP contribution in [0.15, 0.2) is 18.5 Å². The Hall–Kier alpha value is -1.73. The molecule has 18 heavy (non-hydrogen) atoms.